The zero-order chi connectivity index (χ0) is 18.8. The lowest BCUT2D eigenvalue weighted by atomic mass is 9.92. The third kappa shape index (κ3) is 2.67. The molecule has 0 spiro atoms. The first-order chi connectivity index (χ1) is 13.0. The molecule has 2 amide bonds. The lowest BCUT2D eigenvalue weighted by Crippen LogP contribution is -2.55. The van der Waals surface area contributed by atoms with Crippen LogP contribution in [0, 0.1) is 11.7 Å². The standard InChI is InChI=1S/C20H24FN3O3/c21-17-8-13(18(25)22-27)7-14-10-23(6-4-16(14)17)11-20-5-3-12(9-20)19(26)24(20)15-1-2-15/h7-8,12,15,27H,1-6,9-11H2,(H,22,25). The highest BCUT2D eigenvalue weighted by Gasteiger charge is 2.59. The molecule has 2 aliphatic heterocycles. The van der Waals surface area contributed by atoms with Crippen LogP contribution in [-0.4, -0.2) is 51.5 Å². The van der Waals surface area contributed by atoms with Crippen LogP contribution in [0.1, 0.15) is 53.6 Å². The number of piperidine rings is 1. The number of rotatable bonds is 4. The number of nitrogens with one attached hydrogen (secondary N) is 1. The Bertz CT molecular complexity index is 825. The van der Waals surface area contributed by atoms with Crippen LogP contribution in [0.4, 0.5) is 4.39 Å². The van der Waals surface area contributed by atoms with Gasteiger partial charge in [-0.15, -0.1) is 0 Å². The largest absolute Gasteiger partial charge is 0.332 e. The Morgan fingerprint density at radius 2 is 2.15 bits per heavy atom. The summed E-state index contributed by atoms with van der Waals surface area (Å²) in [6.07, 6.45) is 5.83. The molecule has 5 rings (SSSR count). The van der Waals surface area contributed by atoms with Crippen molar-refractivity contribution in [2.24, 2.45) is 5.92 Å². The fourth-order valence-electron chi connectivity index (χ4n) is 5.54. The molecule has 6 nitrogen and oxygen atoms in total. The Labute approximate surface area is 157 Å². The molecule has 3 fully saturated rings. The molecule has 1 aromatic rings. The number of nitrogens with zero attached hydrogens (tertiary/aromatic N) is 2. The van der Waals surface area contributed by atoms with Gasteiger partial charge in [-0.3, -0.25) is 19.7 Å². The van der Waals surface area contributed by atoms with Crippen molar-refractivity contribution in [2.75, 3.05) is 13.1 Å². The van der Waals surface area contributed by atoms with E-state index in [-0.39, 0.29) is 22.8 Å². The molecule has 144 valence electrons. The number of benzene rings is 1. The van der Waals surface area contributed by atoms with Gasteiger partial charge in [0.05, 0.1) is 5.54 Å². The van der Waals surface area contributed by atoms with Gasteiger partial charge in [-0.1, -0.05) is 0 Å². The molecule has 2 atom stereocenters. The van der Waals surface area contributed by atoms with Crippen LogP contribution in [0.25, 0.3) is 0 Å². The van der Waals surface area contributed by atoms with Gasteiger partial charge in [0.15, 0.2) is 0 Å². The number of hydrogen-bond donors (Lipinski definition) is 2. The van der Waals surface area contributed by atoms with E-state index < -0.39 is 5.91 Å². The summed E-state index contributed by atoms with van der Waals surface area (Å²) in [4.78, 5) is 28.9. The van der Waals surface area contributed by atoms with Crippen LogP contribution in [-0.2, 0) is 17.8 Å². The van der Waals surface area contributed by atoms with Crippen molar-refractivity contribution in [3.8, 4) is 0 Å². The molecule has 1 saturated heterocycles. The Hall–Kier alpha value is -1.99. The molecule has 0 radical (unpaired) electrons. The normalized spacial score (nSPS) is 29.9. The van der Waals surface area contributed by atoms with Gasteiger partial charge in [0, 0.05) is 37.2 Å². The predicted octanol–water partition coefficient (Wildman–Crippen LogP) is 1.85. The molecule has 4 aliphatic rings. The van der Waals surface area contributed by atoms with Gasteiger partial charge in [0.2, 0.25) is 5.91 Å². The van der Waals surface area contributed by atoms with Crippen LogP contribution in [0.3, 0.4) is 0 Å². The van der Waals surface area contributed by atoms with Gasteiger partial charge >= 0.3 is 0 Å². The van der Waals surface area contributed by atoms with Crippen LogP contribution in [0.15, 0.2) is 12.1 Å². The lowest BCUT2D eigenvalue weighted by Gasteiger charge is -2.43. The molecule has 2 saturated carbocycles. The van der Waals surface area contributed by atoms with Crippen LogP contribution in [0.5, 0.6) is 0 Å². The minimum Gasteiger partial charge on any atom is -0.332 e. The molecule has 27 heavy (non-hydrogen) atoms. The number of hydrogen-bond acceptors (Lipinski definition) is 4. The summed E-state index contributed by atoms with van der Waals surface area (Å²) in [5.74, 6) is -0.554. The third-order valence-electron chi connectivity index (χ3n) is 6.84. The highest BCUT2D eigenvalue weighted by atomic mass is 19.1. The summed E-state index contributed by atoms with van der Waals surface area (Å²) < 4.78 is 14.4. The Morgan fingerprint density at radius 3 is 2.89 bits per heavy atom. The van der Waals surface area contributed by atoms with Crippen molar-refractivity contribution >= 4 is 11.8 Å². The first-order valence-corrected chi connectivity index (χ1v) is 9.82. The van der Waals surface area contributed by atoms with Crippen molar-refractivity contribution in [1.29, 1.82) is 0 Å². The average molecular weight is 373 g/mol. The van der Waals surface area contributed by atoms with Crippen molar-refractivity contribution in [3.05, 3.63) is 34.6 Å². The maximum atomic E-state index is 14.4. The second-order valence-corrected chi connectivity index (χ2v) is 8.60. The van der Waals surface area contributed by atoms with Gasteiger partial charge in [-0.2, -0.15) is 0 Å². The number of halogens is 1. The quantitative estimate of drug-likeness (QED) is 0.624. The summed E-state index contributed by atoms with van der Waals surface area (Å²) in [5.41, 5.74) is 3.10. The van der Waals surface area contributed by atoms with Crippen LogP contribution < -0.4 is 5.48 Å². The van der Waals surface area contributed by atoms with E-state index in [9.17, 15) is 14.0 Å². The third-order valence-corrected chi connectivity index (χ3v) is 6.84. The molecule has 2 aliphatic carbocycles. The number of carbonyl (C=O) groups excluding carboxylic acids is 2. The minimum absolute atomic E-state index is 0.0565. The number of fused-ring (bicyclic) bond motifs is 3. The number of amides is 2. The molecular formula is C20H24FN3O3. The molecular weight excluding hydrogens is 349 g/mol. The molecule has 2 heterocycles. The molecule has 7 heteroatoms. The number of likely N-dealkylation sites (tertiary alicyclic amines) is 1. The van der Waals surface area contributed by atoms with Crippen molar-refractivity contribution in [1.82, 2.24) is 15.3 Å². The van der Waals surface area contributed by atoms with Crippen molar-refractivity contribution in [3.63, 3.8) is 0 Å². The van der Waals surface area contributed by atoms with Gasteiger partial charge in [0.25, 0.3) is 5.91 Å². The minimum atomic E-state index is -0.702. The Morgan fingerprint density at radius 1 is 1.33 bits per heavy atom. The Balaban J connectivity index is 1.39. The zero-order valence-electron chi connectivity index (χ0n) is 15.2. The number of carbonyl (C=O) groups is 2. The first-order valence-electron chi connectivity index (χ1n) is 9.82. The maximum Gasteiger partial charge on any atom is 0.274 e. The first kappa shape index (κ1) is 17.1. The highest BCUT2D eigenvalue weighted by molar-refractivity contribution is 5.93. The molecule has 0 aromatic heterocycles. The zero-order valence-corrected chi connectivity index (χ0v) is 15.2. The van der Waals surface area contributed by atoms with E-state index in [1.165, 1.54) is 6.07 Å². The molecule has 2 unspecified atom stereocenters. The number of hydroxylamine groups is 1. The summed E-state index contributed by atoms with van der Waals surface area (Å²) in [6, 6.07) is 3.28. The molecule has 1 aromatic carbocycles. The van der Waals surface area contributed by atoms with Crippen LogP contribution in [0.2, 0.25) is 0 Å². The van der Waals surface area contributed by atoms with E-state index in [4.69, 9.17) is 5.21 Å². The summed E-state index contributed by atoms with van der Waals surface area (Å²) >= 11 is 0. The summed E-state index contributed by atoms with van der Waals surface area (Å²) in [5, 5.41) is 8.84. The van der Waals surface area contributed by atoms with Gasteiger partial charge in [0.1, 0.15) is 5.82 Å². The van der Waals surface area contributed by atoms with Crippen molar-refractivity contribution < 1.29 is 19.2 Å². The van der Waals surface area contributed by atoms with E-state index in [2.05, 4.69) is 9.80 Å². The fourth-order valence-corrected chi connectivity index (χ4v) is 5.54. The second kappa shape index (κ2) is 6.01. The van der Waals surface area contributed by atoms with Gasteiger partial charge < -0.3 is 4.90 Å². The van der Waals surface area contributed by atoms with E-state index in [0.29, 0.717) is 30.5 Å². The molecule has 2 bridgehead atoms. The van der Waals surface area contributed by atoms with Crippen LogP contribution >= 0.6 is 0 Å². The second-order valence-electron chi connectivity index (χ2n) is 8.60. The average Bonchev–Trinajstić information content (AvgIpc) is 3.34. The van der Waals surface area contributed by atoms with Gasteiger partial charge in [-0.25, -0.2) is 9.87 Å². The lowest BCUT2D eigenvalue weighted by molar-refractivity contribution is -0.138. The summed E-state index contributed by atoms with van der Waals surface area (Å²) in [7, 11) is 0. The smallest absolute Gasteiger partial charge is 0.274 e. The summed E-state index contributed by atoms with van der Waals surface area (Å²) in [6.45, 7) is 2.15. The van der Waals surface area contributed by atoms with E-state index >= 15 is 0 Å². The van der Waals surface area contributed by atoms with E-state index in [1.54, 1.807) is 11.5 Å². The van der Waals surface area contributed by atoms with Crippen molar-refractivity contribution in [2.45, 2.75) is 56.7 Å². The van der Waals surface area contributed by atoms with E-state index in [0.717, 1.165) is 50.8 Å². The van der Waals surface area contributed by atoms with Gasteiger partial charge in [-0.05, 0) is 61.8 Å². The maximum absolute atomic E-state index is 14.4. The topological polar surface area (TPSA) is 72.9 Å². The fraction of sp³-hybridized carbons (Fsp3) is 0.600. The van der Waals surface area contributed by atoms with E-state index in [1.807, 2.05) is 0 Å². The Kier molecular flexibility index (Phi) is 3.81. The SMILES string of the molecule is O=C(NO)c1cc(F)c2c(c1)CN(CC13CCC(C1)C(=O)N3C1CC1)CC2. The molecule has 2 N–H and O–H groups in total. The highest BCUT2D eigenvalue weighted by Crippen LogP contribution is 2.52. The predicted molar refractivity (Wildman–Crippen MR) is 94.6 cm³/mol. The monoisotopic (exact) mass is 373 g/mol.